The summed E-state index contributed by atoms with van der Waals surface area (Å²) in [5.74, 6) is 0.773. The quantitative estimate of drug-likeness (QED) is 0.869. The number of nitrogens with zero attached hydrogens (tertiary/aromatic N) is 4. The second kappa shape index (κ2) is 6.22. The van der Waals surface area contributed by atoms with E-state index in [1.807, 2.05) is 4.90 Å². The minimum atomic E-state index is -0.391. The highest BCUT2D eigenvalue weighted by molar-refractivity contribution is 6.30. The van der Waals surface area contributed by atoms with Crippen LogP contribution in [0.4, 0.5) is 10.2 Å². The summed E-state index contributed by atoms with van der Waals surface area (Å²) in [5.41, 5.74) is 0. The Morgan fingerprint density at radius 2 is 2.24 bits per heavy atom. The van der Waals surface area contributed by atoms with Crippen molar-refractivity contribution in [2.45, 2.75) is 6.42 Å². The summed E-state index contributed by atoms with van der Waals surface area (Å²) in [4.78, 5) is 14.0. The molecule has 3 rings (SSSR count). The number of hydrogen-bond acceptors (Lipinski definition) is 5. The molecule has 0 radical (unpaired) electrons. The van der Waals surface area contributed by atoms with E-state index in [9.17, 15) is 4.39 Å². The van der Waals surface area contributed by atoms with E-state index >= 15 is 0 Å². The Labute approximate surface area is 126 Å². The van der Waals surface area contributed by atoms with E-state index in [-0.39, 0.29) is 0 Å². The summed E-state index contributed by atoms with van der Waals surface area (Å²) in [5, 5.41) is 0.304. The van der Waals surface area contributed by atoms with E-state index < -0.39 is 5.82 Å². The largest absolute Gasteiger partial charge is 0.476 e. The van der Waals surface area contributed by atoms with Crippen molar-refractivity contribution in [1.82, 2.24) is 15.0 Å². The molecule has 1 saturated heterocycles. The summed E-state index contributed by atoms with van der Waals surface area (Å²) in [6.07, 6.45) is 7.14. The predicted octanol–water partition coefficient (Wildman–Crippen LogP) is 2.57. The lowest BCUT2D eigenvalue weighted by molar-refractivity contribution is 0.251. The first kappa shape index (κ1) is 14.0. The number of rotatable bonds is 4. The van der Waals surface area contributed by atoms with Crippen LogP contribution in [0.15, 0.2) is 30.9 Å². The fourth-order valence-corrected chi connectivity index (χ4v) is 2.51. The van der Waals surface area contributed by atoms with Gasteiger partial charge < -0.3 is 9.64 Å². The van der Waals surface area contributed by atoms with Gasteiger partial charge in [0.15, 0.2) is 11.6 Å². The van der Waals surface area contributed by atoms with E-state index in [0.29, 0.717) is 35.8 Å². The van der Waals surface area contributed by atoms with Crippen LogP contribution >= 0.6 is 11.6 Å². The van der Waals surface area contributed by atoms with E-state index in [1.165, 1.54) is 12.3 Å². The lowest BCUT2D eigenvalue weighted by Crippen LogP contribution is -2.23. The number of halogens is 2. The van der Waals surface area contributed by atoms with Gasteiger partial charge >= 0.3 is 0 Å². The zero-order valence-electron chi connectivity index (χ0n) is 11.2. The molecule has 2 aromatic heterocycles. The molecule has 0 N–H and O–H groups in total. The number of anilines is 1. The third-order valence-electron chi connectivity index (χ3n) is 3.38. The fraction of sp³-hybridized carbons (Fsp3) is 0.357. The van der Waals surface area contributed by atoms with Crippen LogP contribution in [-0.4, -0.2) is 34.6 Å². The number of pyridine rings is 1. The third kappa shape index (κ3) is 3.39. The van der Waals surface area contributed by atoms with E-state index in [4.69, 9.17) is 16.3 Å². The third-order valence-corrected chi connectivity index (χ3v) is 3.59. The Kier molecular flexibility index (Phi) is 4.15. The van der Waals surface area contributed by atoms with Gasteiger partial charge in [-0.3, -0.25) is 4.98 Å². The van der Waals surface area contributed by atoms with Crippen LogP contribution in [0.1, 0.15) is 6.42 Å². The average Bonchev–Trinajstić information content (AvgIpc) is 2.95. The van der Waals surface area contributed by atoms with Crippen molar-refractivity contribution >= 4 is 17.4 Å². The van der Waals surface area contributed by atoms with Gasteiger partial charge in [0.25, 0.3) is 0 Å². The first-order valence-corrected chi connectivity index (χ1v) is 7.05. The molecule has 0 spiro atoms. The van der Waals surface area contributed by atoms with E-state index in [0.717, 1.165) is 13.0 Å². The minimum absolute atomic E-state index is 0.304. The first-order valence-electron chi connectivity index (χ1n) is 6.67. The first-order chi connectivity index (χ1) is 10.2. The molecule has 0 amide bonds. The van der Waals surface area contributed by atoms with Crippen molar-refractivity contribution in [2.24, 2.45) is 5.92 Å². The molecule has 1 atom stereocenters. The van der Waals surface area contributed by atoms with Crippen LogP contribution in [0.3, 0.4) is 0 Å². The second-order valence-corrected chi connectivity index (χ2v) is 5.35. The van der Waals surface area contributed by atoms with Crippen molar-refractivity contribution < 1.29 is 9.13 Å². The average molecular weight is 309 g/mol. The lowest BCUT2D eigenvalue weighted by Gasteiger charge is -2.18. The molecule has 1 unspecified atom stereocenters. The Balaban J connectivity index is 1.58. The van der Waals surface area contributed by atoms with Gasteiger partial charge in [-0.2, -0.15) is 0 Å². The van der Waals surface area contributed by atoms with Gasteiger partial charge in [-0.1, -0.05) is 11.6 Å². The molecule has 2 aromatic rings. The van der Waals surface area contributed by atoms with Gasteiger partial charge in [0.05, 0.1) is 17.8 Å². The van der Waals surface area contributed by atoms with Crippen LogP contribution in [0.2, 0.25) is 5.02 Å². The summed E-state index contributed by atoms with van der Waals surface area (Å²) in [6.45, 7) is 1.98. The molecule has 1 fully saturated rings. The maximum atomic E-state index is 13.8. The Hall–Kier alpha value is -1.95. The fourth-order valence-electron chi connectivity index (χ4n) is 2.36. The van der Waals surface area contributed by atoms with Gasteiger partial charge in [0.1, 0.15) is 0 Å². The Morgan fingerprint density at radius 3 is 3.00 bits per heavy atom. The summed E-state index contributed by atoms with van der Waals surface area (Å²) in [7, 11) is 0. The van der Waals surface area contributed by atoms with Crippen LogP contribution in [0, 0.1) is 11.7 Å². The molecule has 110 valence electrons. The molecule has 1 aliphatic heterocycles. The molecule has 0 aliphatic carbocycles. The van der Waals surface area contributed by atoms with Crippen molar-refractivity contribution in [1.29, 1.82) is 0 Å². The second-order valence-electron chi connectivity index (χ2n) is 4.91. The highest BCUT2D eigenvalue weighted by atomic mass is 35.5. The van der Waals surface area contributed by atoms with Crippen molar-refractivity contribution in [2.75, 3.05) is 24.6 Å². The number of aromatic nitrogens is 3. The lowest BCUT2D eigenvalue weighted by atomic mass is 10.1. The molecule has 21 heavy (non-hydrogen) atoms. The molecule has 1 aliphatic rings. The zero-order chi connectivity index (χ0) is 14.7. The highest BCUT2D eigenvalue weighted by Crippen LogP contribution is 2.26. The molecular formula is C14H14ClFN4O. The van der Waals surface area contributed by atoms with Crippen LogP contribution in [-0.2, 0) is 0 Å². The maximum absolute atomic E-state index is 13.8. The zero-order valence-corrected chi connectivity index (χ0v) is 12.0. The molecular weight excluding hydrogens is 295 g/mol. The summed E-state index contributed by atoms with van der Waals surface area (Å²) in [6, 6.07) is 1.28. The number of hydrogen-bond donors (Lipinski definition) is 0. The van der Waals surface area contributed by atoms with Crippen molar-refractivity contribution in [3.05, 3.63) is 41.7 Å². The van der Waals surface area contributed by atoms with Crippen LogP contribution < -0.4 is 9.64 Å². The molecule has 7 heteroatoms. The molecule has 0 bridgehead atoms. The Morgan fingerprint density at radius 1 is 1.33 bits per heavy atom. The monoisotopic (exact) mass is 308 g/mol. The SMILES string of the molecule is Fc1cc(Cl)cnc1N1CCC(COc2cnccn2)C1. The van der Waals surface area contributed by atoms with Gasteiger partial charge in [-0.25, -0.2) is 14.4 Å². The standard InChI is InChI=1S/C14H14ClFN4O/c15-11-5-12(16)14(19-6-11)20-4-1-10(8-20)9-21-13-7-17-2-3-18-13/h2-3,5-7,10H,1,4,8-9H2. The smallest absolute Gasteiger partial charge is 0.232 e. The number of ether oxygens (including phenoxy) is 1. The highest BCUT2D eigenvalue weighted by Gasteiger charge is 2.26. The van der Waals surface area contributed by atoms with E-state index in [2.05, 4.69) is 15.0 Å². The van der Waals surface area contributed by atoms with Crippen molar-refractivity contribution in [3.8, 4) is 5.88 Å². The topological polar surface area (TPSA) is 51.1 Å². The minimum Gasteiger partial charge on any atom is -0.476 e. The normalized spacial score (nSPS) is 18.0. The molecule has 0 aromatic carbocycles. The molecule has 0 saturated carbocycles. The van der Waals surface area contributed by atoms with Gasteiger partial charge in [-0.15, -0.1) is 0 Å². The van der Waals surface area contributed by atoms with Gasteiger partial charge in [0.2, 0.25) is 5.88 Å². The van der Waals surface area contributed by atoms with Crippen LogP contribution in [0.25, 0.3) is 0 Å². The summed E-state index contributed by atoms with van der Waals surface area (Å²) >= 11 is 5.72. The van der Waals surface area contributed by atoms with Gasteiger partial charge in [0, 0.05) is 37.6 Å². The van der Waals surface area contributed by atoms with Crippen LogP contribution in [0.5, 0.6) is 5.88 Å². The Bertz CT molecular complexity index is 613. The maximum Gasteiger partial charge on any atom is 0.232 e. The summed E-state index contributed by atoms with van der Waals surface area (Å²) < 4.78 is 19.4. The van der Waals surface area contributed by atoms with E-state index in [1.54, 1.807) is 18.6 Å². The van der Waals surface area contributed by atoms with Gasteiger partial charge in [-0.05, 0) is 12.5 Å². The predicted molar refractivity (Wildman–Crippen MR) is 77.1 cm³/mol. The molecule has 3 heterocycles. The van der Waals surface area contributed by atoms with Crippen molar-refractivity contribution in [3.63, 3.8) is 0 Å². The molecule has 5 nitrogen and oxygen atoms in total.